The zero-order valence-corrected chi connectivity index (χ0v) is 15.8. The fraction of sp³-hybridized carbons (Fsp3) is 0.611. The number of nitriles is 1. The third-order valence-corrected chi connectivity index (χ3v) is 5.51. The van der Waals surface area contributed by atoms with Gasteiger partial charge in [0.25, 0.3) is 0 Å². The SMILES string of the molecule is CC1CC(C)CN(CCCCNc2ccc(S(N)(=O)=O)cc2C#N)C1. The number of nitrogens with one attached hydrogen (secondary N) is 1. The van der Waals surface area contributed by atoms with Crippen molar-refractivity contribution in [3.8, 4) is 6.07 Å². The van der Waals surface area contributed by atoms with Gasteiger partial charge in [-0.15, -0.1) is 0 Å². The number of sulfonamides is 1. The van der Waals surface area contributed by atoms with E-state index in [1.54, 1.807) is 6.07 Å². The standard InChI is InChI=1S/C18H28N4O2S/c1-14-9-15(2)13-22(12-14)8-4-3-7-21-18-6-5-17(25(20,23)24)10-16(18)11-19/h5-6,10,14-15,21H,3-4,7-9,12-13H2,1-2H3,(H2,20,23,24). The number of likely N-dealkylation sites (tertiary alicyclic amines) is 1. The maximum atomic E-state index is 11.4. The Hall–Kier alpha value is -1.62. The molecule has 0 radical (unpaired) electrons. The Morgan fingerprint density at radius 1 is 1.28 bits per heavy atom. The number of nitrogens with two attached hydrogens (primary N) is 1. The summed E-state index contributed by atoms with van der Waals surface area (Å²) in [5, 5.41) is 17.5. The van der Waals surface area contributed by atoms with E-state index in [0.717, 1.165) is 37.8 Å². The lowest BCUT2D eigenvalue weighted by atomic mass is 9.92. The molecule has 0 aromatic heterocycles. The number of rotatable bonds is 7. The van der Waals surface area contributed by atoms with E-state index in [4.69, 9.17) is 5.14 Å². The van der Waals surface area contributed by atoms with Gasteiger partial charge in [0, 0.05) is 19.6 Å². The van der Waals surface area contributed by atoms with Gasteiger partial charge in [-0.25, -0.2) is 13.6 Å². The second kappa shape index (κ2) is 8.65. The number of anilines is 1. The Kier molecular flexibility index (Phi) is 6.82. The smallest absolute Gasteiger partial charge is 0.238 e. The van der Waals surface area contributed by atoms with Crippen molar-refractivity contribution in [2.45, 2.75) is 38.0 Å². The molecule has 0 bridgehead atoms. The maximum Gasteiger partial charge on any atom is 0.238 e. The molecule has 1 aliphatic heterocycles. The molecule has 1 aliphatic rings. The van der Waals surface area contributed by atoms with Crippen molar-refractivity contribution in [3.63, 3.8) is 0 Å². The first-order valence-corrected chi connectivity index (χ1v) is 10.4. The van der Waals surface area contributed by atoms with Crippen LogP contribution in [0.5, 0.6) is 0 Å². The summed E-state index contributed by atoms with van der Waals surface area (Å²) in [4.78, 5) is 2.50. The summed E-state index contributed by atoms with van der Waals surface area (Å²) in [5.74, 6) is 1.55. The van der Waals surface area contributed by atoms with Gasteiger partial charge in [-0.3, -0.25) is 0 Å². The summed E-state index contributed by atoms with van der Waals surface area (Å²) < 4.78 is 22.7. The summed E-state index contributed by atoms with van der Waals surface area (Å²) in [5.41, 5.74) is 0.945. The van der Waals surface area contributed by atoms with E-state index in [-0.39, 0.29) is 4.90 Å². The van der Waals surface area contributed by atoms with Crippen molar-refractivity contribution in [1.82, 2.24) is 4.90 Å². The van der Waals surface area contributed by atoms with Crippen molar-refractivity contribution in [2.24, 2.45) is 17.0 Å². The van der Waals surface area contributed by atoms with Crippen LogP contribution >= 0.6 is 0 Å². The Bertz CT molecular complexity index is 717. The van der Waals surface area contributed by atoms with Gasteiger partial charge in [0.1, 0.15) is 6.07 Å². The molecule has 2 atom stereocenters. The van der Waals surface area contributed by atoms with Gasteiger partial charge in [0.2, 0.25) is 10.0 Å². The largest absolute Gasteiger partial charge is 0.384 e. The summed E-state index contributed by atoms with van der Waals surface area (Å²) in [6, 6.07) is 6.36. The van der Waals surface area contributed by atoms with Gasteiger partial charge < -0.3 is 10.2 Å². The Labute approximate surface area is 151 Å². The van der Waals surface area contributed by atoms with Crippen molar-refractivity contribution in [2.75, 3.05) is 31.5 Å². The molecule has 25 heavy (non-hydrogen) atoms. The van der Waals surface area contributed by atoms with Crippen molar-refractivity contribution >= 4 is 15.7 Å². The normalized spacial score (nSPS) is 21.7. The van der Waals surface area contributed by atoms with E-state index in [0.29, 0.717) is 11.3 Å². The van der Waals surface area contributed by atoms with Crippen LogP contribution in [0.15, 0.2) is 23.1 Å². The fourth-order valence-electron chi connectivity index (χ4n) is 3.61. The maximum absolute atomic E-state index is 11.4. The molecule has 7 heteroatoms. The van der Waals surface area contributed by atoms with Gasteiger partial charge in [-0.1, -0.05) is 13.8 Å². The van der Waals surface area contributed by atoms with E-state index in [1.165, 1.54) is 31.6 Å². The molecule has 1 aromatic rings. The Morgan fingerprint density at radius 3 is 2.56 bits per heavy atom. The second-order valence-corrected chi connectivity index (χ2v) is 8.77. The molecule has 2 rings (SSSR count). The van der Waals surface area contributed by atoms with Crippen molar-refractivity contribution < 1.29 is 8.42 Å². The lowest BCUT2D eigenvalue weighted by Gasteiger charge is -2.34. The molecule has 138 valence electrons. The minimum Gasteiger partial charge on any atom is -0.384 e. The summed E-state index contributed by atoms with van der Waals surface area (Å²) in [6.07, 6.45) is 3.42. The number of benzene rings is 1. The average Bonchev–Trinajstić information content (AvgIpc) is 2.52. The molecule has 0 aliphatic carbocycles. The molecule has 6 nitrogen and oxygen atoms in total. The first-order chi connectivity index (χ1) is 11.8. The van der Waals surface area contributed by atoms with Gasteiger partial charge in [-0.05, 0) is 55.8 Å². The van der Waals surface area contributed by atoms with Crippen LogP contribution in [0.1, 0.15) is 38.7 Å². The van der Waals surface area contributed by atoms with E-state index in [2.05, 4.69) is 24.1 Å². The van der Waals surface area contributed by atoms with Crippen LogP contribution in [0, 0.1) is 23.2 Å². The highest BCUT2D eigenvalue weighted by molar-refractivity contribution is 7.89. The molecule has 0 spiro atoms. The van der Waals surface area contributed by atoms with Crippen LogP contribution in [0.25, 0.3) is 0 Å². The van der Waals surface area contributed by atoms with E-state index < -0.39 is 10.0 Å². The van der Waals surface area contributed by atoms with Gasteiger partial charge in [-0.2, -0.15) is 5.26 Å². The predicted molar refractivity (Wildman–Crippen MR) is 99.6 cm³/mol. The number of hydrogen-bond donors (Lipinski definition) is 2. The molecule has 0 saturated carbocycles. The lowest BCUT2D eigenvalue weighted by molar-refractivity contribution is 0.139. The fourth-order valence-corrected chi connectivity index (χ4v) is 4.14. The Morgan fingerprint density at radius 2 is 1.96 bits per heavy atom. The molecular weight excluding hydrogens is 336 g/mol. The van der Waals surface area contributed by atoms with Crippen LogP contribution < -0.4 is 10.5 Å². The third-order valence-electron chi connectivity index (χ3n) is 4.60. The molecule has 2 unspecified atom stereocenters. The predicted octanol–water partition coefficient (Wildman–Crippen LogP) is 2.38. The first-order valence-electron chi connectivity index (χ1n) is 8.82. The highest BCUT2D eigenvalue weighted by Gasteiger charge is 2.20. The highest BCUT2D eigenvalue weighted by atomic mass is 32.2. The molecular formula is C18H28N4O2S. The molecule has 1 aromatic carbocycles. The zero-order valence-electron chi connectivity index (χ0n) is 15.0. The Balaban J connectivity index is 1.79. The average molecular weight is 365 g/mol. The van der Waals surface area contributed by atoms with Crippen LogP contribution in [0.2, 0.25) is 0 Å². The van der Waals surface area contributed by atoms with Gasteiger partial charge >= 0.3 is 0 Å². The summed E-state index contributed by atoms with van der Waals surface area (Å²) in [7, 11) is -3.79. The van der Waals surface area contributed by atoms with E-state index in [9.17, 15) is 13.7 Å². The molecule has 1 saturated heterocycles. The monoisotopic (exact) mass is 364 g/mol. The number of unbranched alkanes of at least 4 members (excludes halogenated alkanes) is 1. The molecule has 1 heterocycles. The van der Waals surface area contributed by atoms with Crippen LogP contribution in [0.3, 0.4) is 0 Å². The second-order valence-electron chi connectivity index (χ2n) is 7.20. The van der Waals surface area contributed by atoms with Gasteiger partial charge in [0.05, 0.1) is 16.1 Å². The van der Waals surface area contributed by atoms with E-state index in [1.807, 2.05) is 6.07 Å². The first kappa shape index (κ1) is 19.7. The van der Waals surface area contributed by atoms with Crippen molar-refractivity contribution in [3.05, 3.63) is 23.8 Å². The minimum absolute atomic E-state index is 0.0389. The molecule has 3 N–H and O–H groups in total. The number of primary sulfonamides is 1. The number of nitrogens with zero attached hydrogens (tertiary/aromatic N) is 2. The third kappa shape index (κ3) is 5.99. The molecule has 0 amide bonds. The van der Waals surface area contributed by atoms with Gasteiger partial charge in [0.15, 0.2) is 0 Å². The topological polar surface area (TPSA) is 99.2 Å². The lowest BCUT2D eigenvalue weighted by Crippen LogP contribution is -2.39. The van der Waals surface area contributed by atoms with E-state index >= 15 is 0 Å². The minimum atomic E-state index is -3.79. The van der Waals surface area contributed by atoms with Crippen molar-refractivity contribution in [1.29, 1.82) is 5.26 Å². The quantitative estimate of drug-likeness (QED) is 0.724. The molecule has 1 fully saturated rings. The summed E-state index contributed by atoms with van der Waals surface area (Å²) >= 11 is 0. The number of hydrogen-bond acceptors (Lipinski definition) is 5. The highest BCUT2D eigenvalue weighted by Crippen LogP contribution is 2.21. The summed E-state index contributed by atoms with van der Waals surface area (Å²) in [6.45, 7) is 8.86. The number of piperidine rings is 1. The van der Waals surface area contributed by atoms with Crippen LogP contribution in [-0.4, -0.2) is 39.5 Å². The van der Waals surface area contributed by atoms with Crippen LogP contribution in [-0.2, 0) is 10.0 Å². The zero-order chi connectivity index (χ0) is 18.4. The van der Waals surface area contributed by atoms with Crippen LogP contribution in [0.4, 0.5) is 5.69 Å².